The molecule has 104 valence electrons. The molecule has 4 atom stereocenters. The zero-order valence-electron chi connectivity index (χ0n) is 10.3. The molecule has 6 heteroatoms. The SMILES string of the molecule is O=C(Nc1ccccc1I)[C@@H]1[C@H](C(=O)O)[C@H]2C=C[C@H]1O2. The number of carboxylic acids is 1. The number of rotatable bonds is 3. The van der Waals surface area contributed by atoms with E-state index in [4.69, 9.17) is 4.74 Å². The molecule has 3 rings (SSSR count). The second-order valence-electron chi connectivity index (χ2n) is 4.81. The molecular weight excluding hydrogens is 373 g/mol. The van der Waals surface area contributed by atoms with Crippen LogP contribution in [0.2, 0.25) is 0 Å². The molecule has 2 aliphatic heterocycles. The molecule has 2 aliphatic rings. The molecule has 20 heavy (non-hydrogen) atoms. The van der Waals surface area contributed by atoms with Gasteiger partial charge in [0.1, 0.15) is 5.92 Å². The second-order valence-corrected chi connectivity index (χ2v) is 5.97. The topological polar surface area (TPSA) is 75.6 Å². The van der Waals surface area contributed by atoms with Crippen LogP contribution in [0, 0.1) is 15.4 Å². The number of hydrogen-bond acceptors (Lipinski definition) is 3. The first kappa shape index (κ1) is 13.6. The normalized spacial score (nSPS) is 30.4. The molecule has 1 saturated heterocycles. The summed E-state index contributed by atoms with van der Waals surface area (Å²) in [4.78, 5) is 23.7. The molecule has 0 spiro atoms. The lowest BCUT2D eigenvalue weighted by Gasteiger charge is -2.21. The average Bonchev–Trinajstić information content (AvgIpc) is 3.01. The van der Waals surface area contributed by atoms with E-state index in [2.05, 4.69) is 27.9 Å². The van der Waals surface area contributed by atoms with Gasteiger partial charge in [-0.2, -0.15) is 0 Å². The highest BCUT2D eigenvalue weighted by molar-refractivity contribution is 14.1. The predicted octanol–water partition coefficient (Wildman–Crippen LogP) is 1.88. The summed E-state index contributed by atoms with van der Waals surface area (Å²) in [6.45, 7) is 0. The van der Waals surface area contributed by atoms with E-state index in [1.807, 2.05) is 18.2 Å². The average molecular weight is 385 g/mol. The van der Waals surface area contributed by atoms with Crippen LogP contribution >= 0.6 is 22.6 Å². The molecule has 1 amide bonds. The van der Waals surface area contributed by atoms with Gasteiger partial charge >= 0.3 is 5.97 Å². The van der Waals surface area contributed by atoms with Crippen LogP contribution in [0.4, 0.5) is 5.69 Å². The number of ether oxygens (including phenoxy) is 1. The van der Waals surface area contributed by atoms with E-state index < -0.39 is 30.0 Å². The van der Waals surface area contributed by atoms with Crippen LogP contribution in [0.25, 0.3) is 0 Å². The smallest absolute Gasteiger partial charge is 0.310 e. The number of anilines is 1. The lowest BCUT2D eigenvalue weighted by molar-refractivity contribution is -0.145. The zero-order chi connectivity index (χ0) is 14.3. The van der Waals surface area contributed by atoms with Gasteiger partial charge in [0.15, 0.2) is 0 Å². The molecule has 2 heterocycles. The summed E-state index contributed by atoms with van der Waals surface area (Å²) >= 11 is 2.12. The number of carbonyl (C=O) groups is 2. The summed E-state index contributed by atoms with van der Waals surface area (Å²) in [5, 5.41) is 12.1. The summed E-state index contributed by atoms with van der Waals surface area (Å²) in [5.74, 6) is -2.80. The monoisotopic (exact) mass is 385 g/mol. The largest absolute Gasteiger partial charge is 0.481 e. The minimum absolute atomic E-state index is 0.307. The first-order valence-corrected chi connectivity index (χ1v) is 7.28. The van der Waals surface area contributed by atoms with Crippen molar-refractivity contribution < 1.29 is 19.4 Å². The zero-order valence-corrected chi connectivity index (χ0v) is 12.5. The highest BCUT2D eigenvalue weighted by atomic mass is 127. The number of amides is 1. The minimum Gasteiger partial charge on any atom is -0.481 e. The number of para-hydroxylation sites is 1. The van der Waals surface area contributed by atoms with Crippen LogP contribution < -0.4 is 5.32 Å². The molecule has 1 fully saturated rings. The van der Waals surface area contributed by atoms with Crippen molar-refractivity contribution in [3.8, 4) is 0 Å². The molecule has 0 radical (unpaired) electrons. The first-order chi connectivity index (χ1) is 9.58. The number of carboxylic acid groups (broad SMARTS) is 1. The summed E-state index contributed by atoms with van der Waals surface area (Å²) < 4.78 is 6.40. The van der Waals surface area contributed by atoms with Gasteiger partial charge in [0.2, 0.25) is 5.91 Å². The minimum atomic E-state index is -0.996. The first-order valence-electron chi connectivity index (χ1n) is 6.20. The Balaban J connectivity index is 1.82. The van der Waals surface area contributed by atoms with Crippen LogP contribution in [-0.2, 0) is 14.3 Å². The number of nitrogens with one attached hydrogen (secondary N) is 1. The maximum absolute atomic E-state index is 12.4. The van der Waals surface area contributed by atoms with Crippen molar-refractivity contribution in [3.63, 3.8) is 0 Å². The Labute approximate surface area is 129 Å². The van der Waals surface area contributed by atoms with Crippen LogP contribution in [0.1, 0.15) is 0 Å². The van der Waals surface area contributed by atoms with E-state index >= 15 is 0 Å². The van der Waals surface area contributed by atoms with Gasteiger partial charge in [-0.3, -0.25) is 9.59 Å². The number of carbonyl (C=O) groups excluding carboxylic acids is 1. The van der Waals surface area contributed by atoms with Gasteiger partial charge in [-0.15, -0.1) is 0 Å². The Morgan fingerprint density at radius 1 is 1.15 bits per heavy atom. The van der Waals surface area contributed by atoms with E-state index in [9.17, 15) is 14.7 Å². The van der Waals surface area contributed by atoms with E-state index in [1.165, 1.54) is 0 Å². The lowest BCUT2D eigenvalue weighted by Crippen LogP contribution is -2.39. The molecule has 5 nitrogen and oxygen atoms in total. The predicted molar refractivity (Wildman–Crippen MR) is 80.2 cm³/mol. The van der Waals surface area contributed by atoms with E-state index in [0.29, 0.717) is 5.69 Å². The van der Waals surface area contributed by atoms with Crippen molar-refractivity contribution in [2.75, 3.05) is 5.32 Å². The van der Waals surface area contributed by atoms with Crippen molar-refractivity contribution in [2.24, 2.45) is 11.8 Å². The Hall–Kier alpha value is -1.41. The highest BCUT2D eigenvalue weighted by Gasteiger charge is 2.53. The van der Waals surface area contributed by atoms with Gasteiger partial charge in [-0.05, 0) is 34.7 Å². The molecule has 2 N–H and O–H groups in total. The molecular formula is C14H12INO4. The molecule has 0 aromatic heterocycles. The Morgan fingerprint density at radius 3 is 2.45 bits per heavy atom. The maximum Gasteiger partial charge on any atom is 0.310 e. The van der Waals surface area contributed by atoms with Crippen molar-refractivity contribution in [1.82, 2.24) is 0 Å². The van der Waals surface area contributed by atoms with Gasteiger partial charge in [0, 0.05) is 3.57 Å². The van der Waals surface area contributed by atoms with Crippen molar-refractivity contribution >= 4 is 40.2 Å². The van der Waals surface area contributed by atoms with E-state index in [0.717, 1.165) is 3.57 Å². The fraction of sp³-hybridized carbons (Fsp3) is 0.286. The maximum atomic E-state index is 12.4. The van der Waals surface area contributed by atoms with Gasteiger partial charge in [-0.1, -0.05) is 24.3 Å². The van der Waals surface area contributed by atoms with Gasteiger partial charge < -0.3 is 15.2 Å². The Kier molecular flexibility index (Phi) is 3.51. The van der Waals surface area contributed by atoms with E-state index in [1.54, 1.807) is 18.2 Å². The summed E-state index contributed by atoms with van der Waals surface area (Å²) in [7, 11) is 0. The van der Waals surface area contributed by atoms with Gasteiger partial charge in [0.05, 0.1) is 23.8 Å². The number of hydrogen-bond donors (Lipinski definition) is 2. The lowest BCUT2D eigenvalue weighted by atomic mass is 9.82. The number of halogens is 1. The third-order valence-corrected chi connectivity index (χ3v) is 4.56. The summed E-state index contributed by atoms with van der Waals surface area (Å²) in [6.07, 6.45) is 2.55. The van der Waals surface area contributed by atoms with Crippen LogP contribution in [0.15, 0.2) is 36.4 Å². The fourth-order valence-electron chi connectivity index (χ4n) is 2.69. The van der Waals surface area contributed by atoms with Crippen LogP contribution in [0.3, 0.4) is 0 Å². The van der Waals surface area contributed by atoms with Crippen LogP contribution in [0.5, 0.6) is 0 Å². The fourth-order valence-corrected chi connectivity index (χ4v) is 3.22. The summed E-state index contributed by atoms with van der Waals surface area (Å²) in [5.41, 5.74) is 0.689. The number of fused-ring (bicyclic) bond motifs is 2. The van der Waals surface area contributed by atoms with Crippen LogP contribution in [-0.4, -0.2) is 29.2 Å². The molecule has 2 bridgehead atoms. The third-order valence-electron chi connectivity index (χ3n) is 3.62. The molecule has 0 saturated carbocycles. The van der Waals surface area contributed by atoms with Crippen molar-refractivity contribution in [3.05, 3.63) is 40.0 Å². The summed E-state index contributed by atoms with van der Waals surface area (Å²) in [6, 6.07) is 7.37. The molecule has 1 aromatic carbocycles. The third kappa shape index (κ3) is 2.22. The molecule has 0 aliphatic carbocycles. The van der Waals surface area contributed by atoms with Gasteiger partial charge in [0.25, 0.3) is 0 Å². The van der Waals surface area contributed by atoms with Gasteiger partial charge in [-0.25, -0.2) is 0 Å². The quantitative estimate of drug-likeness (QED) is 0.616. The number of benzene rings is 1. The molecule has 0 unspecified atom stereocenters. The standard InChI is InChI=1S/C14H12INO4/c15-7-3-1-2-4-8(7)16-13(17)11-9-5-6-10(20-9)12(11)14(18)19/h1-6,9-12H,(H,16,17)(H,18,19)/t9-,10-,11+,12-/m1/s1. The molecule has 1 aromatic rings. The highest BCUT2D eigenvalue weighted by Crippen LogP contribution is 2.40. The second kappa shape index (κ2) is 5.17. The van der Waals surface area contributed by atoms with Crippen molar-refractivity contribution in [1.29, 1.82) is 0 Å². The van der Waals surface area contributed by atoms with E-state index in [-0.39, 0.29) is 5.91 Å². The van der Waals surface area contributed by atoms with Crippen molar-refractivity contribution in [2.45, 2.75) is 12.2 Å². The number of aliphatic carboxylic acids is 1. The Morgan fingerprint density at radius 2 is 1.80 bits per heavy atom. The Bertz CT molecular complexity index is 601.